The fourth-order valence-corrected chi connectivity index (χ4v) is 2.31. The summed E-state index contributed by atoms with van der Waals surface area (Å²) in [5.74, 6) is 0. The van der Waals surface area contributed by atoms with Crippen molar-refractivity contribution in [2.45, 2.75) is 32.7 Å². The maximum atomic E-state index is 4.63. The van der Waals surface area contributed by atoms with Crippen molar-refractivity contribution < 1.29 is 0 Å². The monoisotopic (exact) mass is 257 g/mol. The Hall–Kier alpha value is -1.61. The van der Waals surface area contributed by atoms with Crippen LogP contribution in [0.4, 0.5) is 0 Å². The van der Waals surface area contributed by atoms with E-state index < -0.39 is 0 Å². The van der Waals surface area contributed by atoms with E-state index in [0.29, 0.717) is 0 Å². The van der Waals surface area contributed by atoms with Gasteiger partial charge < -0.3 is 5.32 Å². The van der Waals surface area contributed by atoms with E-state index in [1.54, 1.807) is 0 Å². The van der Waals surface area contributed by atoms with Gasteiger partial charge in [0.15, 0.2) is 0 Å². The zero-order chi connectivity index (χ0) is 14.0. The molecule has 0 aliphatic rings. The van der Waals surface area contributed by atoms with Gasteiger partial charge in [-0.05, 0) is 24.2 Å². The van der Waals surface area contributed by atoms with Crippen molar-refractivity contribution in [1.82, 2.24) is 15.1 Å². The average molecular weight is 257 g/mol. The molecule has 0 spiro atoms. The molecule has 0 atom stereocenters. The Morgan fingerprint density at radius 3 is 2.63 bits per heavy atom. The fraction of sp³-hybridized carbons (Fsp3) is 0.438. The molecule has 0 saturated carbocycles. The lowest BCUT2D eigenvalue weighted by atomic mass is 9.87. The van der Waals surface area contributed by atoms with Crippen LogP contribution < -0.4 is 5.32 Å². The number of hydrogen-bond acceptors (Lipinski definition) is 2. The minimum absolute atomic E-state index is 0.0512. The highest BCUT2D eigenvalue weighted by Crippen LogP contribution is 2.32. The summed E-state index contributed by atoms with van der Waals surface area (Å²) >= 11 is 0. The van der Waals surface area contributed by atoms with Crippen molar-refractivity contribution in [3.05, 3.63) is 41.7 Å². The normalized spacial score (nSPS) is 11.8. The third-order valence-electron chi connectivity index (χ3n) is 3.16. The number of aryl methyl sites for hydroxylation is 1. The molecule has 2 aromatic rings. The molecule has 0 radical (unpaired) electrons. The van der Waals surface area contributed by atoms with Crippen LogP contribution in [0.5, 0.6) is 0 Å². The van der Waals surface area contributed by atoms with Gasteiger partial charge in [0.2, 0.25) is 0 Å². The summed E-state index contributed by atoms with van der Waals surface area (Å²) in [6, 6.07) is 8.66. The maximum Gasteiger partial charge on any atom is 0.0756 e. The summed E-state index contributed by atoms with van der Waals surface area (Å²) in [6.07, 6.45) is 2.11. The van der Waals surface area contributed by atoms with Crippen LogP contribution in [0.25, 0.3) is 11.1 Å². The number of hydrogen-bond donors (Lipinski definition) is 1. The second-order valence-electron chi connectivity index (χ2n) is 6.05. The molecule has 3 heteroatoms. The van der Waals surface area contributed by atoms with Crippen molar-refractivity contribution >= 4 is 0 Å². The lowest BCUT2D eigenvalue weighted by molar-refractivity contribution is 0.554. The summed E-state index contributed by atoms with van der Waals surface area (Å²) in [4.78, 5) is 0. The van der Waals surface area contributed by atoms with Crippen LogP contribution in [0.3, 0.4) is 0 Å². The first-order valence-corrected chi connectivity index (χ1v) is 6.70. The summed E-state index contributed by atoms with van der Waals surface area (Å²) in [7, 11) is 3.95. The van der Waals surface area contributed by atoms with Gasteiger partial charge in [-0.25, -0.2) is 0 Å². The zero-order valence-corrected chi connectivity index (χ0v) is 12.5. The average Bonchev–Trinajstić information content (AvgIpc) is 2.72. The van der Waals surface area contributed by atoms with E-state index in [2.05, 4.69) is 61.6 Å². The number of nitrogens with zero attached hydrogens (tertiary/aromatic N) is 2. The first-order valence-electron chi connectivity index (χ1n) is 6.70. The predicted octanol–water partition coefficient (Wildman–Crippen LogP) is 3.10. The summed E-state index contributed by atoms with van der Waals surface area (Å²) in [5.41, 5.74) is 4.97. The third kappa shape index (κ3) is 3.04. The molecule has 0 aliphatic carbocycles. The molecule has 1 aromatic carbocycles. The Morgan fingerprint density at radius 2 is 2.00 bits per heavy atom. The molecule has 0 unspecified atom stereocenters. The van der Waals surface area contributed by atoms with Crippen molar-refractivity contribution in [3.63, 3.8) is 0 Å². The Bertz CT molecular complexity index is 562. The van der Waals surface area contributed by atoms with Crippen LogP contribution >= 0.6 is 0 Å². The molecule has 0 amide bonds. The Morgan fingerprint density at radius 1 is 1.26 bits per heavy atom. The van der Waals surface area contributed by atoms with E-state index in [1.165, 1.54) is 16.7 Å². The Kier molecular flexibility index (Phi) is 3.76. The van der Waals surface area contributed by atoms with Crippen LogP contribution in [0.15, 0.2) is 30.5 Å². The van der Waals surface area contributed by atoms with E-state index in [1.807, 2.05) is 18.8 Å². The molecule has 1 heterocycles. The SMILES string of the molecule is CNCc1cccc(-c2cn(C)nc2C(C)(C)C)c1. The van der Waals surface area contributed by atoms with Gasteiger partial charge in [0.05, 0.1) is 5.69 Å². The van der Waals surface area contributed by atoms with E-state index in [0.717, 1.165) is 12.2 Å². The molecule has 0 fully saturated rings. The Balaban J connectivity index is 2.49. The number of nitrogens with one attached hydrogen (secondary N) is 1. The molecule has 0 saturated heterocycles. The molecule has 3 nitrogen and oxygen atoms in total. The van der Waals surface area contributed by atoms with Gasteiger partial charge in [-0.3, -0.25) is 4.68 Å². The second-order valence-corrected chi connectivity index (χ2v) is 6.05. The topological polar surface area (TPSA) is 29.9 Å². The molecule has 1 aromatic heterocycles. The maximum absolute atomic E-state index is 4.63. The molecule has 2 rings (SSSR count). The molecule has 0 aliphatic heterocycles. The smallest absolute Gasteiger partial charge is 0.0756 e. The van der Waals surface area contributed by atoms with Crippen LogP contribution in [-0.2, 0) is 19.0 Å². The van der Waals surface area contributed by atoms with E-state index in [9.17, 15) is 0 Å². The van der Waals surface area contributed by atoms with Gasteiger partial charge in [0.1, 0.15) is 0 Å². The van der Waals surface area contributed by atoms with Crippen LogP contribution in [0.1, 0.15) is 32.0 Å². The Labute approximate surface area is 115 Å². The van der Waals surface area contributed by atoms with Gasteiger partial charge in [-0.2, -0.15) is 5.10 Å². The minimum atomic E-state index is 0.0512. The fourth-order valence-electron chi connectivity index (χ4n) is 2.31. The van der Waals surface area contributed by atoms with Gasteiger partial charge in [-0.1, -0.05) is 39.0 Å². The van der Waals surface area contributed by atoms with Crippen LogP contribution in [0, 0.1) is 0 Å². The highest BCUT2D eigenvalue weighted by Gasteiger charge is 2.22. The van der Waals surface area contributed by atoms with E-state index in [4.69, 9.17) is 0 Å². The summed E-state index contributed by atoms with van der Waals surface area (Å²) in [5, 5.41) is 7.83. The zero-order valence-electron chi connectivity index (χ0n) is 12.5. The lowest BCUT2D eigenvalue weighted by Crippen LogP contribution is -2.13. The molecule has 0 bridgehead atoms. The van der Waals surface area contributed by atoms with Gasteiger partial charge >= 0.3 is 0 Å². The van der Waals surface area contributed by atoms with Gasteiger partial charge in [0, 0.05) is 30.8 Å². The quantitative estimate of drug-likeness (QED) is 0.915. The van der Waals surface area contributed by atoms with Crippen LogP contribution in [0.2, 0.25) is 0 Å². The first kappa shape index (κ1) is 13.8. The molecule has 102 valence electrons. The van der Waals surface area contributed by atoms with Crippen LogP contribution in [-0.4, -0.2) is 16.8 Å². The molecular weight excluding hydrogens is 234 g/mol. The second kappa shape index (κ2) is 5.17. The highest BCUT2D eigenvalue weighted by atomic mass is 15.3. The van der Waals surface area contributed by atoms with Crippen molar-refractivity contribution in [3.8, 4) is 11.1 Å². The van der Waals surface area contributed by atoms with Crippen molar-refractivity contribution in [2.24, 2.45) is 7.05 Å². The van der Waals surface area contributed by atoms with Gasteiger partial charge in [0.25, 0.3) is 0 Å². The molecular formula is C16H23N3. The number of benzene rings is 1. The number of aromatic nitrogens is 2. The molecule has 1 N–H and O–H groups in total. The third-order valence-corrected chi connectivity index (χ3v) is 3.16. The van der Waals surface area contributed by atoms with Crippen molar-refractivity contribution in [2.75, 3.05) is 7.05 Å². The highest BCUT2D eigenvalue weighted by molar-refractivity contribution is 5.67. The van der Waals surface area contributed by atoms with Gasteiger partial charge in [-0.15, -0.1) is 0 Å². The number of rotatable bonds is 3. The standard InChI is InChI=1S/C16H23N3/c1-16(2,3)15-14(11-19(5)18-15)13-8-6-7-12(9-13)10-17-4/h6-9,11,17H,10H2,1-5H3. The minimum Gasteiger partial charge on any atom is -0.316 e. The summed E-state index contributed by atoms with van der Waals surface area (Å²) < 4.78 is 1.90. The predicted molar refractivity (Wildman–Crippen MR) is 80.1 cm³/mol. The van der Waals surface area contributed by atoms with E-state index in [-0.39, 0.29) is 5.41 Å². The largest absolute Gasteiger partial charge is 0.316 e. The summed E-state index contributed by atoms with van der Waals surface area (Å²) in [6.45, 7) is 7.50. The molecule has 19 heavy (non-hydrogen) atoms. The first-order chi connectivity index (χ1) is 8.91. The lowest BCUT2D eigenvalue weighted by Gasteiger charge is -2.17. The van der Waals surface area contributed by atoms with Crippen molar-refractivity contribution in [1.29, 1.82) is 0 Å². The van der Waals surface area contributed by atoms with E-state index >= 15 is 0 Å².